The molecule has 0 fully saturated rings. The maximum Gasteiger partial charge on any atom is 0.129 e. The molecule has 2 nitrogen and oxygen atoms in total. The summed E-state index contributed by atoms with van der Waals surface area (Å²) in [5, 5.41) is 7.56. The van der Waals surface area contributed by atoms with E-state index in [9.17, 15) is 0 Å². The highest BCUT2D eigenvalue weighted by Crippen LogP contribution is 1.68. The molecule has 0 rings (SSSR count). The van der Waals surface area contributed by atoms with Crippen molar-refractivity contribution in [2.45, 2.75) is 0 Å². The quantitative estimate of drug-likeness (QED) is 0.236. The van der Waals surface area contributed by atoms with E-state index < -0.39 is 0 Å². The third-order valence-electron chi connectivity index (χ3n) is 0.276. The SMILES string of the molecule is C=CC=COO. The summed E-state index contributed by atoms with van der Waals surface area (Å²) in [6, 6.07) is 0. The summed E-state index contributed by atoms with van der Waals surface area (Å²) >= 11 is 0. The van der Waals surface area contributed by atoms with E-state index in [0.29, 0.717) is 0 Å². The van der Waals surface area contributed by atoms with Gasteiger partial charge in [-0.05, 0) is 6.08 Å². The lowest BCUT2D eigenvalue weighted by molar-refractivity contribution is -0.186. The molecule has 0 atom stereocenters. The van der Waals surface area contributed by atoms with E-state index >= 15 is 0 Å². The zero-order valence-corrected chi connectivity index (χ0v) is 3.29. The summed E-state index contributed by atoms with van der Waals surface area (Å²) in [7, 11) is 0. The fraction of sp³-hybridized carbons (Fsp3) is 0. The van der Waals surface area contributed by atoms with Crippen molar-refractivity contribution in [1.29, 1.82) is 0 Å². The maximum atomic E-state index is 7.56. The highest BCUT2D eigenvalue weighted by Gasteiger charge is 1.54. The molecule has 0 saturated carbocycles. The summed E-state index contributed by atoms with van der Waals surface area (Å²) in [4.78, 5) is 3.53. The van der Waals surface area contributed by atoms with Crippen LogP contribution in [-0.4, -0.2) is 5.26 Å². The van der Waals surface area contributed by atoms with Crippen LogP contribution in [0.15, 0.2) is 25.0 Å². The van der Waals surface area contributed by atoms with Gasteiger partial charge in [-0.15, -0.1) is 0 Å². The van der Waals surface area contributed by atoms with Gasteiger partial charge in [0.15, 0.2) is 0 Å². The molecule has 0 aliphatic rings. The van der Waals surface area contributed by atoms with Gasteiger partial charge in [-0.3, -0.25) is 0 Å². The van der Waals surface area contributed by atoms with Gasteiger partial charge in [-0.1, -0.05) is 12.7 Å². The lowest BCUT2D eigenvalue weighted by atomic mass is 10.6. The zero-order valence-electron chi connectivity index (χ0n) is 3.29. The van der Waals surface area contributed by atoms with E-state index in [0.717, 1.165) is 6.26 Å². The molecule has 6 heavy (non-hydrogen) atoms. The molecule has 0 amide bonds. The number of allylic oxidation sites excluding steroid dienone is 2. The highest BCUT2D eigenvalue weighted by atomic mass is 17.1. The van der Waals surface area contributed by atoms with Crippen molar-refractivity contribution >= 4 is 0 Å². The average Bonchev–Trinajstić information content (AvgIpc) is 1.61. The third kappa shape index (κ3) is 3.24. The van der Waals surface area contributed by atoms with Crippen molar-refractivity contribution in [2.24, 2.45) is 0 Å². The summed E-state index contributed by atoms with van der Waals surface area (Å²) in [5.74, 6) is 0. The Morgan fingerprint density at radius 3 is 2.50 bits per heavy atom. The molecule has 34 valence electrons. The van der Waals surface area contributed by atoms with Gasteiger partial charge >= 0.3 is 0 Å². The standard InChI is InChI=1S/C4H6O2/c1-2-3-4-6-5/h2-5H,1H2. The van der Waals surface area contributed by atoms with Crippen LogP contribution < -0.4 is 0 Å². The first-order valence-corrected chi connectivity index (χ1v) is 1.49. The van der Waals surface area contributed by atoms with Crippen LogP contribution in [0.2, 0.25) is 0 Å². The van der Waals surface area contributed by atoms with Gasteiger partial charge in [0.1, 0.15) is 6.26 Å². The Kier molecular flexibility index (Phi) is 3.70. The molecule has 0 unspecified atom stereocenters. The summed E-state index contributed by atoms with van der Waals surface area (Å²) in [6.07, 6.45) is 4.09. The molecule has 0 spiro atoms. The molecule has 0 aliphatic carbocycles. The average molecular weight is 86.1 g/mol. The van der Waals surface area contributed by atoms with Gasteiger partial charge < -0.3 is 4.89 Å². The second-order valence-corrected chi connectivity index (χ2v) is 0.670. The Labute approximate surface area is 36.3 Å². The Balaban J connectivity index is 2.94. The number of hydrogen-bond donors (Lipinski definition) is 1. The van der Waals surface area contributed by atoms with Crippen molar-refractivity contribution in [2.75, 3.05) is 0 Å². The first-order chi connectivity index (χ1) is 2.91. The second-order valence-electron chi connectivity index (χ2n) is 0.670. The molecule has 1 N–H and O–H groups in total. The van der Waals surface area contributed by atoms with Crippen LogP contribution in [0, 0.1) is 0 Å². The largest absolute Gasteiger partial charge is 0.348 e. The predicted molar refractivity (Wildman–Crippen MR) is 23.1 cm³/mol. The molecular weight excluding hydrogens is 80.0 g/mol. The Morgan fingerprint density at radius 2 is 2.33 bits per heavy atom. The third-order valence-corrected chi connectivity index (χ3v) is 0.276. The monoisotopic (exact) mass is 86.0 g/mol. The van der Waals surface area contributed by atoms with E-state index in [-0.39, 0.29) is 0 Å². The maximum absolute atomic E-state index is 7.56. The molecule has 2 heteroatoms. The topological polar surface area (TPSA) is 29.5 Å². The van der Waals surface area contributed by atoms with Gasteiger partial charge in [0.2, 0.25) is 0 Å². The summed E-state index contributed by atoms with van der Waals surface area (Å²) in [5.41, 5.74) is 0. The van der Waals surface area contributed by atoms with Crippen molar-refractivity contribution in [3.63, 3.8) is 0 Å². The van der Waals surface area contributed by atoms with Crippen molar-refractivity contribution in [3.05, 3.63) is 25.0 Å². The fourth-order valence-corrected chi connectivity index (χ4v) is 0.0907. The van der Waals surface area contributed by atoms with Crippen molar-refractivity contribution < 1.29 is 10.1 Å². The Hall–Kier alpha value is -0.760. The molecule has 0 radical (unpaired) electrons. The van der Waals surface area contributed by atoms with Gasteiger partial charge in [-0.25, -0.2) is 5.26 Å². The van der Waals surface area contributed by atoms with Gasteiger partial charge in [0, 0.05) is 0 Å². The van der Waals surface area contributed by atoms with Gasteiger partial charge in [-0.2, -0.15) is 0 Å². The molecule has 0 saturated heterocycles. The molecule has 0 aliphatic heterocycles. The van der Waals surface area contributed by atoms with Crippen LogP contribution in [0.4, 0.5) is 0 Å². The van der Waals surface area contributed by atoms with Crippen LogP contribution in [-0.2, 0) is 4.89 Å². The van der Waals surface area contributed by atoms with Gasteiger partial charge in [0.25, 0.3) is 0 Å². The Morgan fingerprint density at radius 1 is 1.67 bits per heavy atom. The minimum atomic E-state index is 1.12. The summed E-state index contributed by atoms with van der Waals surface area (Å²) in [6.45, 7) is 3.32. The van der Waals surface area contributed by atoms with Crippen LogP contribution in [0.1, 0.15) is 0 Å². The lowest BCUT2D eigenvalue weighted by Crippen LogP contribution is -1.60. The minimum Gasteiger partial charge on any atom is -0.348 e. The van der Waals surface area contributed by atoms with E-state index in [4.69, 9.17) is 5.26 Å². The second kappa shape index (κ2) is 4.24. The first-order valence-electron chi connectivity index (χ1n) is 1.49. The highest BCUT2D eigenvalue weighted by molar-refractivity contribution is 4.92. The smallest absolute Gasteiger partial charge is 0.129 e. The fourth-order valence-electron chi connectivity index (χ4n) is 0.0907. The summed E-state index contributed by atoms with van der Waals surface area (Å²) < 4.78 is 0. The van der Waals surface area contributed by atoms with E-state index in [1.54, 1.807) is 0 Å². The van der Waals surface area contributed by atoms with E-state index in [1.807, 2.05) is 0 Å². The zero-order chi connectivity index (χ0) is 4.83. The van der Waals surface area contributed by atoms with Gasteiger partial charge in [0.05, 0.1) is 0 Å². The van der Waals surface area contributed by atoms with Crippen LogP contribution in [0.5, 0.6) is 0 Å². The normalized spacial score (nSPS) is 8.83. The molecule has 0 aromatic carbocycles. The van der Waals surface area contributed by atoms with Crippen LogP contribution >= 0.6 is 0 Å². The lowest BCUT2D eigenvalue weighted by Gasteiger charge is -1.74. The molecule has 0 aromatic heterocycles. The number of rotatable bonds is 2. The number of hydrogen-bond acceptors (Lipinski definition) is 2. The van der Waals surface area contributed by atoms with E-state index in [1.165, 1.54) is 12.2 Å². The first kappa shape index (κ1) is 5.24. The van der Waals surface area contributed by atoms with Crippen LogP contribution in [0.3, 0.4) is 0 Å². The Bertz CT molecular complexity index is 56.6. The molecule has 0 bridgehead atoms. The minimum absolute atomic E-state index is 1.12. The van der Waals surface area contributed by atoms with E-state index in [2.05, 4.69) is 11.5 Å². The molecule has 0 heterocycles. The van der Waals surface area contributed by atoms with Crippen molar-refractivity contribution in [1.82, 2.24) is 0 Å². The molecular formula is C4H6O2. The predicted octanol–water partition coefficient (Wildman–Crippen LogP) is 1.18. The van der Waals surface area contributed by atoms with Crippen molar-refractivity contribution in [3.8, 4) is 0 Å². The van der Waals surface area contributed by atoms with Crippen LogP contribution in [0.25, 0.3) is 0 Å². The molecule has 0 aromatic rings.